The highest BCUT2D eigenvalue weighted by Crippen LogP contribution is 2.18. The molecule has 0 saturated carbocycles. The summed E-state index contributed by atoms with van der Waals surface area (Å²) in [6.45, 7) is 8.54. The summed E-state index contributed by atoms with van der Waals surface area (Å²) in [5, 5.41) is 9.19. The van der Waals surface area contributed by atoms with E-state index in [1.807, 2.05) is 12.1 Å². The number of benzene rings is 1. The maximum Gasteiger partial charge on any atom is 0.251 e. The van der Waals surface area contributed by atoms with Gasteiger partial charge in [0.15, 0.2) is 5.96 Å². The first-order valence-electron chi connectivity index (χ1n) is 10.9. The van der Waals surface area contributed by atoms with Crippen LogP contribution in [0.1, 0.15) is 55.5 Å². The van der Waals surface area contributed by atoms with E-state index in [4.69, 9.17) is 5.73 Å². The van der Waals surface area contributed by atoms with Crippen LogP contribution in [0, 0.1) is 0 Å². The van der Waals surface area contributed by atoms with Crippen molar-refractivity contribution < 1.29 is 9.59 Å². The van der Waals surface area contributed by atoms with Crippen LogP contribution in [0.2, 0.25) is 0 Å². The molecule has 174 valence electrons. The highest BCUT2D eigenvalue weighted by atomic mass is 127. The van der Waals surface area contributed by atoms with E-state index < -0.39 is 5.91 Å². The summed E-state index contributed by atoms with van der Waals surface area (Å²) < 4.78 is 0. The molecule has 0 bridgehead atoms. The molecule has 1 atom stereocenters. The quantitative estimate of drug-likeness (QED) is 0.204. The Labute approximate surface area is 202 Å². The van der Waals surface area contributed by atoms with Crippen LogP contribution in [0.5, 0.6) is 0 Å². The molecule has 1 saturated heterocycles. The number of primary amides is 1. The minimum absolute atomic E-state index is 0. The van der Waals surface area contributed by atoms with Crippen molar-refractivity contribution in [3.63, 3.8) is 0 Å². The molecule has 1 fully saturated rings. The van der Waals surface area contributed by atoms with Crippen molar-refractivity contribution in [2.45, 2.75) is 52.1 Å². The average molecular weight is 544 g/mol. The van der Waals surface area contributed by atoms with Gasteiger partial charge < -0.3 is 21.7 Å². The number of piperidine rings is 1. The van der Waals surface area contributed by atoms with Crippen molar-refractivity contribution in [1.82, 2.24) is 20.9 Å². The highest BCUT2D eigenvalue weighted by Gasteiger charge is 2.19. The number of hydrogen-bond donors (Lipinski definition) is 4. The molecular formula is C22H37IN6O2. The minimum atomic E-state index is -0.566. The van der Waals surface area contributed by atoms with Gasteiger partial charge in [0, 0.05) is 31.2 Å². The molecule has 1 unspecified atom stereocenters. The molecule has 0 spiro atoms. The second kappa shape index (κ2) is 15.0. The second-order valence-electron chi connectivity index (χ2n) is 7.56. The largest absolute Gasteiger partial charge is 0.368 e. The van der Waals surface area contributed by atoms with Crippen LogP contribution in [-0.2, 0) is 11.3 Å². The summed E-state index contributed by atoms with van der Waals surface area (Å²) in [6, 6.07) is 7.89. The first-order chi connectivity index (χ1) is 14.5. The van der Waals surface area contributed by atoms with Crippen molar-refractivity contribution in [3.05, 3.63) is 35.4 Å². The lowest BCUT2D eigenvalue weighted by atomic mass is 10.0. The average Bonchev–Trinajstić information content (AvgIpc) is 2.76. The van der Waals surface area contributed by atoms with Crippen molar-refractivity contribution in [3.8, 4) is 0 Å². The monoisotopic (exact) mass is 544 g/mol. The van der Waals surface area contributed by atoms with Crippen LogP contribution in [-0.4, -0.2) is 61.4 Å². The lowest BCUT2D eigenvalue weighted by Crippen LogP contribution is -2.45. The van der Waals surface area contributed by atoms with Gasteiger partial charge in [0.2, 0.25) is 5.91 Å². The first kappa shape index (κ1) is 27.2. The van der Waals surface area contributed by atoms with E-state index in [1.54, 1.807) is 12.1 Å². The lowest BCUT2D eigenvalue weighted by molar-refractivity contribution is -0.117. The number of aliphatic imine (C=N–C) groups is 1. The Bertz CT molecular complexity index is 710. The fraction of sp³-hybridized carbons (Fsp3) is 0.591. The van der Waals surface area contributed by atoms with E-state index in [9.17, 15) is 9.59 Å². The number of likely N-dealkylation sites (tertiary alicyclic amines) is 1. The standard InChI is InChI=1S/C22H36N6O2.HI/c1-3-19-7-5-6-13-28(19)14-12-25-22(24-4-2)27-15-17-8-10-18(11-9-17)21(30)26-16-20(23)29;/h8-11,19H,3-7,12-16H2,1-2H3,(H2,23,29)(H,26,30)(H2,24,25,27);1H. The van der Waals surface area contributed by atoms with Crippen molar-refractivity contribution in [1.29, 1.82) is 0 Å². The van der Waals surface area contributed by atoms with Gasteiger partial charge in [0.25, 0.3) is 5.91 Å². The molecule has 31 heavy (non-hydrogen) atoms. The smallest absolute Gasteiger partial charge is 0.251 e. The number of hydrogen-bond acceptors (Lipinski definition) is 4. The number of guanidine groups is 1. The summed E-state index contributed by atoms with van der Waals surface area (Å²) in [5.41, 5.74) is 6.53. The number of halogens is 1. The number of nitrogens with zero attached hydrogens (tertiary/aromatic N) is 2. The molecule has 2 amide bonds. The van der Waals surface area contributed by atoms with E-state index in [0.29, 0.717) is 18.2 Å². The van der Waals surface area contributed by atoms with Crippen molar-refractivity contribution in [2.24, 2.45) is 10.7 Å². The predicted molar refractivity (Wildman–Crippen MR) is 136 cm³/mol. The Balaban J connectivity index is 0.00000480. The summed E-state index contributed by atoms with van der Waals surface area (Å²) >= 11 is 0. The summed E-state index contributed by atoms with van der Waals surface area (Å²) in [4.78, 5) is 29.9. The van der Waals surface area contributed by atoms with Crippen LogP contribution >= 0.6 is 24.0 Å². The zero-order valence-corrected chi connectivity index (χ0v) is 21.0. The maximum atomic E-state index is 11.9. The van der Waals surface area contributed by atoms with Gasteiger partial charge in [-0.2, -0.15) is 0 Å². The third kappa shape index (κ3) is 9.86. The molecular weight excluding hydrogens is 507 g/mol. The topological polar surface area (TPSA) is 112 Å². The first-order valence-corrected chi connectivity index (χ1v) is 10.9. The fourth-order valence-electron chi connectivity index (χ4n) is 3.68. The Kier molecular flexibility index (Phi) is 13.1. The van der Waals surface area contributed by atoms with E-state index in [1.165, 1.54) is 32.2 Å². The fourth-order valence-corrected chi connectivity index (χ4v) is 3.68. The van der Waals surface area contributed by atoms with Gasteiger partial charge in [-0.1, -0.05) is 25.5 Å². The Morgan fingerprint density at radius 3 is 2.52 bits per heavy atom. The highest BCUT2D eigenvalue weighted by molar-refractivity contribution is 14.0. The Hall–Kier alpha value is -1.88. The SMILES string of the molecule is CCNC(=NCc1ccc(C(=O)NCC(N)=O)cc1)NCCN1CCCCC1CC.I. The summed E-state index contributed by atoms with van der Waals surface area (Å²) in [6.07, 6.45) is 5.16. The van der Waals surface area contributed by atoms with E-state index >= 15 is 0 Å². The molecule has 0 aromatic heterocycles. The van der Waals surface area contributed by atoms with Gasteiger partial charge >= 0.3 is 0 Å². The molecule has 9 heteroatoms. The molecule has 2 rings (SSSR count). The van der Waals surface area contributed by atoms with Crippen LogP contribution in [0.15, 0.2) is 29.3 Å². The van der Waals surface area contributed by atoms with Crippen molar-refractivity contribution >= 4 is 41.8 Å². The number of nitrogens with two attached hydrogens (primary N) is 1. The third-order valence-corrected chi connectivity index (χ3v) is 5.32. The zero-order valence-electron chi connectivity index (χ0n) is 18.7. The van der Waals surface area contributed by atoms with Crippen LogP contribution in [0.3, 0.4) is 0 Å². The molecule has 8 nitrogen and oxygen atoms in total. The van der Waals surface area contributed by atoms with Gasteiger partial charge in [-0.3, -0.25) is 14.5 Å². The normalized spacial score (nSPS) is 16.8. The Morgan fingerprint density at radius 2 is 1.87 bits per heavy atom. The van der Waals surface area contributed by atoms with E-state index in [2.05, 4.69) is 39.7 Å². The van der Waals surface area contributed by atoms with Gasteiger partial charge in [0.1, 0.15) is 0 Å². The molecule has 1 aliphatic heterocycles. The molecule has 1 heterocycles. The van der Waals surface area contributed by atoms with Crippen LogP contribution in [0.25, 0.3) is 0 Å². The zero-order chi connectivity index (χ0) is 21.8. The third-order valence-electron chi connectivity index (χ3n) is 5.32. The number of nitrogens with one attached hydrogen (secondary N) is 3. The van der Waals surface area contributed by atoms with Crippen LogP contribution in [0.4, 0.5) is 0 Å². The van der Waals surface area contributed by atoms with E-state index in [-0.39, 0.29) is 36.4 Å². The van der Waals surface area contributed by atoms with Gasteiger partial charge in [-0.05, 0) is 50.4 Å². The lowest BCUT2D eigenvalue weighted by Gasteiger charge is -2.35. The van der Waals surface area contributed by atoms with Crippen LogP contribution < -0.4 is 21.7 Å². The maximum absolute atomic E-state index is 11.9. The molecule has 1 aliphatic rings. The summed E-state index contributed by atoms with van der Waals surface area (Å²) in [5.74, 6) is -0.0870. The summed E-state index contributed by atoms with van der Waals surface area (Å²) in [7, 11) is 0. The van der Waals surface area contributed by atoms with Gasteiger partial charge in [-0.15, -0.1) is 24.0 Å². The molecule has 1 aromatic rings. The minimum Gasteiger partial charge on any atom is -0.368 e. The number of carbonyl (C=O) groups excluding carboxylic acids is 2. The van der Waals surface area contributed by atoms with Gasteiger partial charge in [-0.25, -0.2) is 4.99 Å². The van der Waals surface area contributed by atoms with Gasteiger partial charge in [0.05, 0.1) is 13.1 Å². The van der Waals surface area contributed by atoms with Crippen molar-refractivity contribution in [2.75, 3.05) is 32.7 Å². The second-order valence-corrected chi connectivity index (χ2v) is 7.56. The Morgan fingerprint density at radius 1 is 1.13 bits per heavy atom. The number of amides is 2. The predicted octanol–water partition coefficient (Wildman–Crippen LogP) is 1.84. The molecule has 5 N–H and O–H groups in total. The van der Waals surface area contributed by atoms with E-state index in [0.717, 1.165) is 31.2 Å². The number of rotatable bonds is 10. The molecule has 0 aliphatic carbocycles. The molecule has 0 radical (unpaired) electrons. The number of carbonyl (C=O) groups is 2. The molecule has 1 aromatic carbocycles.